The van der Waals surface area contributed by atoms with Crippen LogP contribution in [0.15, 0.2) is 30.3 Å². The molecule has 6 heteroatoms. The predicted molar refractivity (Wildman–Crippen MR) is 107 cm³/mol. The summed E-state index contributed by atoms with van der Waals surface area (Å²) in [6.45, 7) is 1.55. The van der Waals surface area contributed by atoms with Crippen molar-refractivity contribution in [1.82, 2.24) is 20.6 Å². The number of benzene rings is 1. The molecule has 1 aromatic carbocycles. The lowest BCUT2D eigenvalue weighted by Gasteiger charge is -2.28. The van der Waals surface area contributed by atoms with Crippen LogP contribution in [0.4, 0.5) is 0 Å². The second-order valence-corrected chi connectivity index (χ2v) is 8.25. The minimum atomic E-state index is 0.431. The minimum absolute atomic E-state index is 0.431. The number of fused-ring (bicyclic) bond motifs is 2. The van der Waals surface area contributed by atoms with E-state index in [0.29, 0.717) is 30.7 Å². The Labute approximate surface area is 167 Å². The maximum Gasteiger partial charge on any atom is 0.174 e. The maximum absolute atomic E-state index is 6.23. The van der Waals surface area contributed by atoms with E-state index >= 15 is 0 Å². The molecular weight excluding hydrogens is 352 g/mol. The van der Waals surface area contributed by atoms with Gasteiger partial charge in [-0.1, -0.05) is 61.2 Å². The second kappa shape index (κ2) is 10.1. The van der Waals surface area contributed by atoms with Crippen molar-refractivity contribution in [3.05, 3.63) is 41.7 Å². The molecule has 2 bridgehead atoms. The number of unbranched alkanes of at least 4 members (excludes halogenated alkanes) is 4. The van der Waals surface area contributed by atoms with E-state index in [1.54, 1.807) is 0 Å². The Bertz CT molecular complexity index is 679. The summed E-state index contributed by atoms with van der Waals surface area (Å²) in [7, 11) is 0. The summed E-state index contributed by atoms with van der Waals surface area (Å²) in [4.78, 5) is 0. The van der Waals surface area contributed by atoms with Crippen molar-refractivity contribution in [2.24, 2.45) is 11.8 Å². The van der Waals surface area contributed by atoms with Gasteiger partial charge in [0, 0.05) is 12.3 Å². The van der Waals surface area contributed by atoms with Crippen molar-refractivity contribution in [3.63, 3.8) is 0 Å². The van der Waals surface area contributed by atoms with Gasteiger partial charge in [0.05, 0.1) is 25.4 Å². The number of tetrazole rings is 1. The molecule has 6 nitrogen and oxygen atoms in total. The predicted octanol–water partition coefficient (Wildman–Crippen LogP) is 4.09. The van der Waals surface area contributed by atoms with Crippen LogP contribution in [-0.4, -0.2) is 39.4 Å². The summed E-state index contributed by atoms with van der Waals surface area (Å²) in [5.74, 6) is 2.10. The molecule has 1 N–H and O–H groups in total. The molecule has 0 saturated carbocycles. The number of nitrogens with one attached hydrogen (secondary N) is 1. The monoisotopic (exact) mass is 384 g/mol. The van der Waals surface area contributed by atoms with Gasteiger partial charge in [0.15, 0.2) is 5.82 Å². The molecular formula is C22H32N4O2. The third-order valence-corrected chi connectivity index (χ3v) is 6.34. The highest BCUT2D eigenvalue weighted by atomic mass is 16.5. The Kier molecular flexibility index (Phi) is 7.06. The number of aromatic nitrogens is 4. The average molecular weight is 385 g/mol. The van der Waals surface area contributed by atoms with Crippen LogP contribution in [-0.2, 0) is 22.5 Å². The van der Waals surface area contributed by atoms with Crippen LogP contribution in [0.2, 0.25) is 0 Å². The number of H-pyrrole nitrogens is 1. The number of hydrogen-bond acceptors (Lipinski definition) is 5. The SMILES string of the molecule is c1ccc(COCC2C3CCC(O3)C2CCCCCCCc2nn[nH]n2)cc1. The van der Waals surface area contributed by atoms with E-state index in [-0.39, 0.29) is 0 Å². The first-order valence-corrected chi connectivity index (χ1v) is 10.9. The lowest BCUT2D eigenvalue weighted by molar-refractivity contribution is 0.0413. The highest BCUT2D eigenvalue weighted by molar-refractivity contribution is 5.13. The van der Waals surface area contributed by atoms with E-state index in [0.717, 1.165) is 25.3 Å². The van der Waals surface area contributed by atoms with Crippen molar-refractivity contribution in [3.8, 4) is 0 Å². The summed E-state index contributed by atoms with van der Waals surface area (Å²) >= 11 is 0. The maximum atomic E-state index is 6.23. The highest BCUT2D eigenvalue weighted by Gasteiger charge is 2.48. The zero-order valence-corrected chi connectivity index (χ0v) is 16.6. The summed E-state index contributed by atoms with van der Waals surface area (Å²) in [6, 6.07) is 10.5. The smallest absolute Gasteiger partial charge is 0.174 e. The quantitative estimate of drug-likeness (QED) is 0.558. The molecule has 0 amide bonds. The van der Waals surface area contributed by atoms with Gasteiger partial charge in [0.25, 0.3) is 0 Å². The lowest BCUT2D eigenvalue weighted by atomic mass is 9.77. The molecule has 3 heterocycles. The standard InChI is InChI=1S/C22H32N4O2/c1(3-8-12-22-23-25-26-24-22)2-7-11-18-19(21-14-13-20(18)28-21)16-27-15-17-9-5-4-6-10-17/h4-6,9-10,18-21H,1-3,7-8,11-16H2,(H,23,24,25,26). The van der Waals surface area contributed by atoms with E-state index in [1.165, 1.54) is 50.5 Å². The van der Waals surface area contributed by atoms with Crippen molar-refractivity contribution < 1.29 is 9.47 Å². The summed E-state index contributed by atoms with van der Waals surface area (Å²) < 4.78 is 12.3. The molecule has 2 aliphatic heterocycles. The molecule has 2 aliphatic rings. The fraction of sp³-hybridized carbons (Fsp3) is 0.682. The number of aryl methyl sites for hydroxylation is 1. The fourth-order valence-corrected chi connectivity index (χ4v) is 4.87. The lowest BCUT2D eigenvalue weighted by Crippen LogP contribution is -2.30. The Morgan fingerprint density at radius 1 is 0.964 bits per heavy atom. The van der Waals surface area contributed by atoms with E-state index in [9.17, 15) is 0 Å². The topological polar surface area (TPSA) is 72.9 Å². The fourth-order valence-electron chi connectivity index (χ4n) is 4.87. The van der Waals surface area contributed by atoms with Crippen molar-refractivity contribution >= 4 is 0 Å². The van der Waals surface area contributed by atoms with Crippen LogP contribution >= 0.6 is 0 Å². The van der Waals surface area contributed by atoms with Crippen LogP contribution in [0.5, 0.6) is 0 Å². The van der Waals surface area contributed by atoms with Gasteiger partial charge >= 0.3 is 0 Å². The number of aromatic amines is 1. The van der Waals surface area contributed by atoms with Gasteiger partial charge in [0.2, 0.25) is 0 Å². The normalized spacial score (nSPS) is 26.1. The molecule has 0 aliphatic carbocycles. The Balaban J connectivity index is 1.12. The van der Waals surface area contributed by atoms with Crippen LogP contribution in [0.25, 0.3) is 0 Å². The molecule has 2 aromatic rings. The molecule has 4 atom stereocenters. The minimum Gasteiger partial charge on any atom is -0.376 e. The molecule has 0 spiro atoms. The molecule has 4 unspecified atom stereocenters. The third-order valence-electron chi connectivity index (χ3n) is 6.34. The number of ether oxygens (including phenoxy) is 2. The third kappa shape index (κ3) is 5.17. The van der Waals surface area contributed by atoms with Gasteiger partial charge < -0.3 is 9.47 Å². The van der Waals surface area contributed by atoms with Crippen LogP contribution < -0.4 is 0 Å². The molecule has 2 fully saturated rings. The Morgan fingerprint density at radius 3 is 2.57 bits per heavy atom. The van der Waals surface area contributed by atoms with Gasteiger partial charge in [-0.25, -0.2) is 0 Å². The van der Waals surface area contributed by atoms with Crippen molar-refractivity contribution in [2.45, 2.75) is 76.6 Å². The number of nitrogens with zero attached hydrogens (tertiary/aromatic N) is 3. The van der Waals surface area contributed by atoms with Gasteiger partial charge in [-0.3, -0.25) is 0 Å². The van der Waals surface area contributed by atoms with E-state index in [2.05, 4.69) is 51.0 Å². The average Bonchev–Trinajstić information content (AvgIpc) is 3.47. The zero-order chi connectivity index (χ0) is 19.0. The van der Waals surface area contributed by atoms with Gasteiger partial charge in [-0.05, 0) is 37.2 Å². The van der Waals surface area contributed by atoms with Gasteiger partial charge in [-0.2, -0.15) is 5.21 Å². The summed E-state index contributed by atoms with van der Waals surface area (Å²) in [5.41, 5.74) is 1.25. The number of rotatable bonds is 12. The molecule has 0 radical (unpaired) electrons. The molecule has 152 valence electrons. The Morgan fingerprint density at radius 2 is 1.75 bits per heavy atom. The van der Waals surface area contributed by atoms with Crippen molar-refractivity contribution in [2.75, 3.05) is 6.61 Å². The molecule has 4 rings (SSSR count). The first-order chi connectivity index (χ1) is 13.9. The van der Waals surface area contributed by atoms with Gasteiger partial charge in [0.1, 0.15) is 0 Å². The molecule has 28 heavy (non-hydrogen) atoms. The van der Waals surface area contributed by atoms with Gasteiger partial charge in [-0.15, -0.1) is 10.2 Å². The Hall–Kier alpha value is -1.79. The first kappa shape index (κ1) is 19.5. The first-order valence-electron chi connectivity index (χ1n) is 10.9. The van der Waals surface area contributed by atoms with E-state index in [4.69, 9.17) is 9.47 Å². The van der Waals surface area contributed by atoms with E-state index < -0.39 is 0 Å². The van der Waals surface area contributed by atoms with Crippen LogP contribution in [0.1, 0.15) is 62.8 Å². The molecule has 2 saturated heterocycles. The zero-order valence-electron chi connectivity index (χ0n) is 16.6. The van der Waals surface area contributed by atoms with E-state index in [1.807, 2.05) is 0 Å². The number of hydrogen-bond donors (Lipinski definition) is 1. The highest BCUT2D eigenvalue weighted by Crippen LogP contribution is 2.45. The van der Waals surface area contributed by atoms with Crippen LogP contribution in [0, 0.1) is 11.8 Å². The summed E-state index contributed by atoms with van der Waals surface area (Å²) in [5, 5.41) is 14.1. The van der Waals surface area contributed by atoms with Crippen LogP contribution in [0.3, 0.4) is 0 Å². The van der Waals surface area contributed by atoms with Crippen molar-refractivity contribution in [1.29, 1.82) is 0 Å². The summed E-state index contributed by atoms with van der Waals surface area (Å²) in [6.07, 6.45) is 11.9. The largest absolute Gasteiger partial charge is 0.376 e. The second-order valence-electron chi connectivity index (χ2n) is 8.25. The molecule has 1 aromatic heterocycles.